The van der Waals surface area contributed by atoms with Crippen LogP contribution in [0, 0.1) is 5.41 Å². The molecule has 1 saturated carbocycles. The summed E-state index contributed by atoms with van der Waals surface area (Å²) < 4.78 is 11.5. The molecule has 0 aromatic heterocycles. The Kier molecular flexibility index (Phi) is 3.97. The van der Waals surface area contributed by atoms with Gasteiger partial charge in [0.2, 0.25) is 5.91 Å². The molecule has 1 heterocycles. The first kappa shape index (κ1) is 13.8. The maximum absolute atomic E-state index is 11.7. The average molecular weight is 255 g/mol. The molecule has 0 atom stereocenters. The molecule has 0 unspecified atom stereocenters. The molecule has 1 aliphatic heterocycles. The van der Waals surface area contributed by atoms with Gasteiger partial charge in [-0.1, -0.05) is 20.8 Å². The first-order chi connectivity index (χ1) is 8.43. The summed E-state index contributed by atoms with van der Waals surface area (Å²) in [6.07, 6.45) is 3.97. The van der Waals surface area contributed by atoms with Crippen LogP contribution in [-0.2, 0) is 14.3 Å². The van der Waals surface area contributed by atoms with Crippen LogP contribution in [0.1, 0.15) is 46.5 Å². The molecule has 2 fully saturated rings. The summed E-state index contributed by atoms with van der Waals surface area (Å²) in [5.74, 6) is 0.0209. The van der Waals surface area contributed by atoms with E-state index in [2.05, 4.69) is 26.1 Å². The van der Waals surface area contributed by atoms with Crippen molar-refractivity contribution >= 4 is 5.91 Å². The standard InChI is InChI=1S/C14H25NO3/c1-13(2,3)14(6-8-17-9-7-14)18-10-12(16)15-11-4-5-11/h11H,4-10H2,1-3H3,(H,15,16). The summed E-state index contributed by atoms with van der Waals surface area (Å²) in [6, 6.07) is 0.404. The van der Waals surface area contributed by atoms with Crippen LogP contribution in [0.4, 0.5) is 0 Å². The summed E-state index contributed by atoms with van der Waals surface area (Å²) in [7, 11) is 0. The molecule has 1 N–H and O–H groups in total. The first-order valence-corrected chi connectivity index (χ1v) is 6.94. The fourth-order valence-electron chi connectivity index (χ4n) is 2.51. The van der Waals surface area contributed by atoms with E-state index in [1.165, 1.54) is 0 Å². The zero-order chi connectivity index (χ0) is 13.2. The molecule has 104 valence electrons. The van der Waals surface area contributed by atoms with E-state index in [1.54, 1.807) is 0 Å². The van der Waals surface area contributed by atoms with Crippen molar-refractivity contribution in [3.63, 3.8) is 0 Å². The van der Waals surface area contributed by atoms with Gasteiger partial charge in [-0.05, 0) is 18.3 Å². The lowest BCUT2D eigenvalue weighted by atomic mass is 9.71. The van der Waals surface area contributed by atoms with Gasteiger partial charge in [-0.3, -0.25) is 4.79 Å². The Morgan fingerprint density at radius 3 is 2.44 bits per heavy atom. The Morgan fingerprint density at radius 2 is 1.94 bits per heavy atom. The fraction of sp³-hybridized carbons (Fsp3) is 0.929. The smallest absolute Gasteiger partial charge is 0.246 e. The monoisotopic (exact) mass is 255 g/mol. The molecule has 18 heavy (non-hydrogen) atoms. The quantitative estimate of drug-likeness (QED) is 0.834. The van der Waals surface area contributed by atoms with E-state index in [0.717, 1.165) is 38.9 Å². The lowest BCUT2D eigenvalue weighted by Gasteiger charge is -2.46. The molecule has 1 amide bonds. The fourth-order valence-corrected chi connectivity index (χ4v) is 2.51. The van der Waals surface area contributed by atoms with E-state index >= 15 is 0 Å². The van der Waals surface area contributed by atoms with Crippen LogP contribution in [-0.4, -0.2) is 37.4 Å². The van der Waals surface area contributed by atoms with E-state index in [4.69, 9.17) is 9.47 Å². The maximum Gasteiger partial charge on any atom is 0.246 e. The predicted octanol–water partition coefficient (Wildman–Crippen LogP) is 1.88. The van der Waals surface area contributed by atoms with Gasteiger partial charge in [0.05, 0.1) is 5.60 Å². The van der Waals surface area contributed by atoms with E-state index in [9.17, 15) is 4.79 Å². The van der Waals surface area contributed by atoms with Gasteiger partial charge in [-0.15, -0.1) is 0 Å². The van der Waals surface area contributed by atoms with Crippen molar-refractivity contribution in [2.24, 2.45) is 5.41 Å². The average Bonchev–Trinajstić information content (AvgIpc) is 3.10. The molecule has 4 nitrogen and oxygen atoms in total. The molecule has 1 saturated heterocycles. The molecule has 0 aromatic carbocycles. The van der Waals surface area contributed by atoms with Crippen LogP contribution in [0.5, 0.6) is 0 Å². The lowest BCUT2D eigenvalue weighted by molar-refractivity contribution is -0.173. The second-order valence-electron chi connectivity index (χ2n) is 6.49. The van der Waals surface area contributed by atoms with Crippen LogP contribution in [0.15, 0.2) is 0 Å². The van der Waals surface area contributed by atoms with Gasteiger partial charge in [0.15, 0.2) is 0 Å². The summed E-state index contributed by atoms with van der Waals surface area (Å²) >= 11 is 0. The van der Waals surface area contributed by atoms with Gasteiger partial charge in [-0.2, -0.15) is 0 Å². The Bertz CT molecular complexity index is 299. The molecular formula is C14H25NO3. The van der Waals surface area contributed by atoms with Crippen LogP contribution in [0.25, 0.3) is 0 Å². The van der Waals surface area contributed by atoms with Crippen molar-refractivity contribution in [3.8, 4) is 0 Å². The van der Waals surface area contributed by atoms with E-state index in [-0.39, 0.29) is 23.5 Å². The van der Waals surface area contributed by atoms with E-state index in [0.29, 0.717) is 6.04 Å². The molecule has 0 radical (unpaired) electrons. The van der Waals surface area contributed by atoms with Crippen LogP contribution < -0.4 is 5.32 Å². The Morgan fingerprint density at radius 1 is 1.33 bits per heavy atom. The van der Waals surface area contributed by atoms with Crippen molar-refractivity contribution in [1.29, 1.82) is 0 Å². The third-order valence-corrected chi connectivity index (χ3v) is 4.09. The Hall–Kier alpha value is -0.610. The highest BCUT2D eigenvalue weighted by molar-refractivity contribution is 5.77. The first-order valence-electron chi connectivity index (χ1n) is 6.94. The summed E-state index contributed by atoms with van der Waals surface area (Å²) in [5, 5.41) is 2.97. The second kappa shape index (κ2) is 5.17. The number of carbonyl (C=O) groups excluding carboxylic acids is 1. The largest absolute Gasteiger partial charge is 0.381 e. The third kappa shape index (κ3) is 3.23. The van der Waals surface area contributed by atoms with Gasteiger partial charge in [0.1, 0.15) is 6.61 Å². The number of carbonyl (C=O) groups is 1. The minimum Gasteiger partial charge on any atom is -0.381 e. The zero-order valence-electron chi connectivity index (χ0n) is 11.8. The SMILES string of the molecule is CC(C)(C)C1(OCC(=O)NC2CC2)CCOCC1. The van der Waals surface area contributed by atoms with Crippen molar-refractivity contribution in [2.45, 2.75) is 58.1 Å². The molecule has 4 heteroatoms. The van der Waals surface area contributed by atoms with Crippen LogP contribution >= 0.6 is 0 Å². The van der Waals surface area contributed by atoms with Crippen molar-refractivity contribution in [1.82, 2.24) is 5.32 Å². The topological polar surface area (TPSA) is 47.6 Å². The summed E-state index contributed by atoms with van der Waals surface area (Å²) in [5.41, 5.74) is -0.206. The van der Waals surface area contributed by atoms with Crippen LogP contribution in [0.3, 0.4) is 0 Å². The molecule has 0 bridgehead atoms. The lowest BCUT2D eigenvalue weighted by Crippen LogP contribution is -2.51. The number of hydrogen-bond acceptors (Lipinski definition) is 3. The summed E-state index contributed by atoms with van der Waals surface area (Å²) in [4.78, 5) is 11.7. The highest BCUT2D eigenvalue weighted by atomic mass is 16.5. The highest BCUT2D eigenvalue weighted by Gasteiger charge is 2.44. The number of hydrogen-bond donors (Lipinski definition) is 1. The van der Waals surface area contributed by atoms with Gasteiger partial charge >= 0.3 is 0 Å². The van der Waals surface area contributed by atoms with E-state index in [1.807, 2.05) is 0 Å². The van der Waals surface area contributed by atoms with Crippen LogP contribution in [0.2, 0.25) is 0 Å². The zero-order valence-corrected chi connectivity index (χ0v) is 11.8. The van der Waals surface area contributed by atoms with Crippen molar-refractivity contribution in [2.75, 3.05) is 19.8 Å². The highest BCUT2D eigenvalue weighted by Crippen LogP contribution is 2.41. The molecule has 2 rings (SSSR count). The second-order valence-corrected chi connectivity index (χ2v) is 6.49. The number of ether oxygens (including phenoxy) is 2. The van der Waals surface area contributed by atoms with E-state index < -0.39 is 0 Å². The Labute approximate surface area is 109 Å². The van der Waals surface area contributed by atoms with Gasteiger partial charge in [0, 0.05) is 32.1 Å². The molecule has 0 aromatic rings. The maximum atomic E-state index is 11.7. The third-order valence-electron chi connectivity index (χ3n) is 4.09. The van der Waals surface area contributed by atoms with Crippen molar-refractivity contribution in [3.05, 3.63) is 0 Å². The number of nitrogens with one attached hydrogen (secondary N) is 1. The van der Waals surface area contributed by atoms with Gasteiger partial charge in [-0.25, -0.2) is 0 Å². The normalized spacial score (nSPS) is 23.7. The molecule has 2 aliphatic rings. The molecule has 1 aliphatic carbocycles. The minimum atomic E-state index is -0.230. The molecule has 0 spiro atoms. The Balaban J connectivity index is 1.90. The van der Waals surface area contributed by atoms with Gasteiger partial charge in [0.25, 0.3) is 0 Å². The molecular weight excluding hydrogens is 230 g/mol. The van der Waals surface area contributed by atoms with Gasteiger partial charge < -0.3 is 14.8 Å². The number of amides is 1. The summed E-state index contributed by atoms with van der Waals surface area (Å²) in [6.45, 7) is 8.15. The predicted molar refractivity (Wildman–Crippen MR) is 69.4 cm³/mol. The minimum absolute atomic E-state index is 0.0209. The number of rotatable bonds is 4. The van der Waals surface area contributed by atoms with Crippen molar-refractivity contribution < 1.29 is 14.3 Å².